The van der Waals surface area contributed by atoms with E-state index in [0.29, 0.717) is 17.0 Å². The lowest BCUT2D eigenvalue weighted by molar-refractivity contribution is 0.566. The molecule has 0 saturated heterocycles. The van der Waals surface area contributed by atoms with Crippen LogP contribution in [0, 0.1) is 12.7 Å². The summed E-state index contributed by atoms with van der Waals surface area (Å²) >= 11 is 6.03. The molecule has 16 heavy (non-hydrogen) atoms. The van der Waals surface area contributed by atoms with Crippen molar-refractivity contribution in [1.29, 1.82) is 0 Å². The molecule has 0 bridgehead atoms. The number of rotatable bonds is 4. The lowest BCUT2D eigenvalue weighted by Crippen LogP contribution is -2.13. The van der Waals surface area contributed by atoms with Crippen LogP contribution in [0.3, 0.4) is 0 Å². The fourth-order valence-corrected chi connectivity index (χ4v) is 1.75. The van der Waals surface area contributed by atoms with E-state index in [2.05, 4.69) is 6.58 Å². The zero-order valence-corrected chi connectivity index (χ0v) is 10.7. The molecule has 0 fully saturated rings. The minimum absolute atomic E-state index is 0. The number of hydrogen-bond donors (Lipinski definition) is 1. The molecule has 1 rings (SSSR count). The Balaban J connectivity index is 0.00000225. The van der Waals surface area contributed by atoms with E-state index < -0.39 is 0 Å². The summed E-state index contributed by atoms with van der Waals surface area (Å²) in [5, 5.41) is 0.437. The van der Waals surface area contributed by atoms with Crippen LogP contribution in [-0.4, -0.2) is 0 Å². The van der Waals surface area contributed by atoms with E-state index in [1.807, 2.05) is 6.92 Å². The predicted molar refractivity (Wildman–Crippen MR) is 69.8 cm³/mol. The fourth-order valence-electron chi connectivity index (χ4n) is 1.46. The molecular weight excluding hydrogens is 248 g/mol. The zero-order chi connectivity index (χ0) is 11.4. The topological polar surface area (TPSA) is 26.0 Å². The Morgan fingerprint density at radius 1 is 1.56 bits per heavy atom. The SMILES string of the molecule is C=CCC[C@H](N)c1c(F)ccc(C)c1Cl.Cl. The molecule has 0 saturated carbocycles. The highest BCUT2D eigenvalue weighted by molar-refractivity contribution is 6.32. The molecule has 1 nitrogen and oxygen atoms in total. The predicted octanol–water partition coefficient (Wildman–Crippen LogP) is 4.18. The Morgan fingerprint density at radius 3 is 2.75 bits per heavy atom. The normalized spacial score (nSPS) is 11.8. The zero-order valence-electron chi connectivity index (χ0n) is 9.17. The molecule has 0 heterocycles. The maximum absolute atomic E-state index is 13.5. The van der Waals surface area contributed by atoms with Gasteiger partial charge in [-0.25, -0.2) is 4.39 Å². The van der Waals surface area contributed by atoms with Crippen molar-refractivity contribution in [3.63, 3.8) is 0 Å². The van der Waals surface area contributed by atoms with Crippen LogP contribution in [0.5, 0.6) is 0 Å². The molecule has 2 N–H and O–H groups in total. The van der Waals surface area contributed by atoms with Gasteiger partial charge >= 0.3 is 0 Å². The van der Waals surface area contributed by atoms with E-state index >= 15 is 0 Å². The number of benzene rings is 1. The first kappa shape index (κ1) is 15.4. The van der Waals surface area contributed by atoms with Crippen LogP contribution < -0.4 is 5.73 Å². The maximum atomic E-state index is 13.5. The van der Waals surface area contributed by atoms with Gasteiger partial charge in [0.05, 0.1) is 5.02 Å². The first-order chi connectivity index (χ1) is 7.07. The first-order valence-corrected chi connectivity index (χ1v) is 5.26. The van der Waals surface area contributed by atoms with Crippen LogP contribution in [-0.2, 0) is 0 Å². The quantitative estimate of drug-likeness (QED) is 0.811. The van der Waals surface area contributed by atoms with Gasteiger partial charge in [-0.2, -0.15) is 0 Å². The fraction of sp³-hybridized carbons (Fsp3) is 0.333. The van der Waals surface area contributed by atoms with Gasteiger partial charge in [0.1, 0.15) is 5.82 Å². The minimum atomic E-state index is -0.365. The number of hydrogen-bond acceptors (Lipinski definition) is 1. The lowest BCUT2D eigenvalue weighted by atomic mass is 10.00. The molecule has 0 unspecified atom stereocenters. The summed E-state index contributed by atoms with van der Waals surface area (Å²) in [6.45, 7) is 5.45. The minimum Gasteiger partial charge on any atom is -0.324 e. The van der Waals surface area contributed by atoms with Gasteiger partial charge < -0.3 is 5.73 Å². The van der Waals surface area contributed by atoms with Crippen molar-refractivity contribution < 1.29 is 4.39 Å². The molecule has 0 aliphatic carbocycles. The van der Waals surface area contributed by atoms with E-state index in [0.717, 1.165) is 12.0 Å². The summed E-state index contributed by atoms with van der Waals surface area (Å²) in [5.74, 6) is -0.331. The van der Waals surface area contributed by atoms with Crippen molar-refractivity contribution in [2.75, 3.05) is 0 Å². The molecule has 0 aliphatic rings. The van der Waals surface area contributed by atoms with Gasteiger partial charge in [-0.15, -0.1) is 19.0 Å². The third-order valence-electron chi connectivity index (χ3n) is 2.37. The molecule has 0 aromatic heterocycles. The third-order valence-corrected chi connectivity index (χ3v) is 2.87. The van der Waals surface area contributed by atoms with Crippen LogP contribution >= 0.6 is 24.0 Å². The Morgan fingerprint density at radius 2 is 2.19 bits per heavy atom. The van der Waals surface area contributed by atoms with Crippen LogP contribution in [0.2, 0.25) is 5.02 Å². The summed E-state index contributed by atoms with van der Waals surface area (Å²) in [5.41, 5.74) is 7.14. The first-order valence-electron chi connectivity index (χ1n) is 4.89. The van der Waals surface area contributed by atoms with Gasteiger partial charge in [-0.3, -0.25) is 0 Å². The van der Waals surface area contributed by atoms with E-state index in [1.165, 1.54) is 6.07 Å². The Hall–Kier alpha value is -0.570. The molecule has 0 amide bonds. The highest BCUT2D eigenvalue weighted by Crippen LogP contribution is 2.29. The van der Waals surface area contributed by atoms with Crippen LogP contribution in [0.4, 0.5) is 4.39 Å². The average Bonchev–Trinajstić information content (AvgIpc) is 2.21. The molecule has 1 aromatic carbocycles. The van der Waals surface area contributed by atoms with Crippen molar-refractivity contribution in [3.05, 3.63) is 46.8 Å². The Bertz CT molecular complexity index is 366. The van der Waals surface area contributed by atoms with Crippen LogP contribution in [0.25, 0.3) is 0 Å². The molecule has 0 spiro atoms. The van der Waals surface area contributed by atoms with Crippen molar-refractivity contribution in [2.24, 2.45) is 5.73 Å². The highest BCUT2D eigenvalue weighted by Gasteiger charge is 2.16. The Labute approximate surface area is 107 Å². The van der Waals surface area contributed by atoms with Crippen molar-refractivity contribution in [2.45, 2.75) is 25.8 Å². The van der Waals surface area contributed by atoms with E-state index in [4.69, 9.17) is 17.3 Å². The van der Waals surface area contributed by atoms with Crippen LogP contribution in [0.1, 0.15) is 30.0 Å². The highest BCUT2D eigenvalue weighted by atomic mass is 35.5. The van der Waals surface area contributed by atoms with Crippen molar-refractivity contribution in [3.8, 4) is 0 Å². The third kappa shape index (κ3) is 3.48. The number of halogens is 3. The van der Waals surface area contributed by atoms with Crippen molar-refractivity contribution in [1.82, 2.24) is 0 Å². The second kappa shape index (κ2) is 6.89. The molecule has 1 aromatic rings. The number of nitrogens with two attached hydrogens (primary N) is 1. The monoisotopic (exact) mass is 263 g/mol. The summed E-state index contributed by atoms with van der Waals surface area (Å²) in [4.78, 5) is 0. The standard InChI is InChI=1S/C12H15ClFN.ClH/c1-3-4-5-10(15)11-9(14)7-6-8(2)12(11)13;/h3,6-7,10H,1,4-5,15H2,2H3;1H/t10-;/m0./s1. The number of aryl methyl sites for hydroxylation is 1. The Kier molecular flexibility index (Phi) is 6.65. The molecular formula is C12H16Cl2FN. The molecule has 90 valence electrons. The average molecular weight is 264 g/mol. The molecule has 4 heteroatoms. The van der Waals surface area contributed by atoms with Gasteiger partial charge in [0.15, 0.2) is 0 Å². The van der Waals surface area contributed by atoms with Gasteiger partial charge in [-0.1, -0.05) is 23.7 Å². The summed E-state index contributed by atoms with van der Waals surface area (Å²) in [6.07, 6.45) is 3.18. The van der Waals surface area contributed by atoms with Gasteiger partial charge in [-0.05, 0) is 31.4 Å². The van der Waals surface area contributed by atoms with E-state index in [1.54, 1.807) is 12.1 Å². The largest absolute Gasteiger partial charge is 0.324 e. The number of allylic oxidation sites excluding steroid dienone is 1. The summed E-state index contributed by atoms with van der Waals surface area (Å²) < 4.78 is 13.5. The second-order valence-electron chi connectivity index (χ2n) is 3.56. The van der Waals surface area contributed by atoms with E-state index in [9.17, 15) is 4.39 Å². The van der Waals surface area contributed by atoms with Crippen molar-refractivity contribution >= 4 is 24.0 Å². The smallest absolute Gasteiger partial charge is 0.129 e. The van der Waals surface area contributed by atoms with Gasteiger partial charge in [0.2, 0.25) is 0 Å². The second-order valence-corrected chi connectivity index (χ2v) is 3.94. The van der Waals surface area contributed by atoms with Gasteiger partial charge in [0, 0.05) is 11.6 Å². The maximum Gasteiger partial charge on any atom is 0.129 e. The molecule has 0 radical (unpaired) electrons. The summed E-state index contributed by atoms with van der Waals surface area (Å²) in [6, 6.07) is 2.70. The van der Waals surface area contributed by atoms with Crippen LogP contribution in [0.15, 0.2) is 24.8 Å². The van der Waals surface area contributed by atoms with E-state index in [-0.39, 0.29) is 24.3 Å². The van der Waals surface area contributed by atoms with Gasteiger partial charge in [0.25, 0.3) is 0 Å². The lowest BCUT2D eigenvalue weighted by Gasteiger charge is -2.15. The summed E-state index contributed by atoms with van der Waals surface area (Å²) in [7, 11) is 0. The molecule has 0 aliphatic heterocycles. The molecule has 1 atom stereocenters.